The van der Waals surface area contributed by atoms with Crippen LogP contribution < -0.4 is 0 Å². The molecule has 0 rings (SSSR count). The van der Waals surface area contributed by atoms with Crippen molar-refractivity contribution in [2.45, 2.75) is 226 Å². The molecule has 1 unspecified atom stereocenters. The third kappa shape index (κ3) is 44.0. The third-order valence-corrected chi connectivity index (χ3v) is 9.98. The fraction of sp³-hybridized carbons (Fsp3) is 0.712. The first-order chi connectivity index (χ1) is 28.5. The van der Waals surface area contributed by atoms with Crippen LogP contribution in [0.2, 0.25) is 0 Å². The van der Waals surface area contributed by atoms with E-state index in [9.17, 15) is 14.4 Å². The number of ether oxygens (including phenoxy) is 3. The third-order valence-electron chi connectivity index (χ3n) is 9.98. The van der Waals surface area contributed by atoms with E-state index in [0.29, 0.717) is 12.8 Å². The van der Waals surface area contributed by atoms with Crippen LogP contribution in [0, 0.1) is 0 Å². The number of hydrogen-bond acceptors (Lipinski definition) is 6. The molecule has 0 aromatic rings. The number of unbranched alkanes of at least 4 members (excludes halogenated alkanes) is 20. The molecule has 0 aromatic heterocycles. The van der Waals surface area contributed by atoms with Gasteiger partial charge in [0.15, 0.2) is 6.10 Å². The van der Waals surface area contributed by atoms with Gasteiger partial charge in [-0.05, 0) is 70.6 Å². The van der Waals surface area contributed by atoms with Crippen LogP contribution in [-0.4, -0.2) is 37.2 Å². The molecule has 0 spiro atoms. The summed E-state index contributed by atoms with van der Waals surface area (Å²) in [5, 5.41) is 0. The highest BCUT2D eigenvalue weighted by atomic mass is 16.6. The van der Waals surface area contributed by atoms with Crippen LogP contribution in [0.25, 0.3) is 0 Å². The lowest BCUT2D eigenvalue weighted by Gasteiger charge is -2.18. The standard InChI is InChI=1S/C52H88O6/c1-4-7-10-13-16-18-20-22-24-25-26-27-29-30-32-34-36-39-42-45-51(54)57-48-49(47-56-50(53)44-41-38-15-12-9-6-3)58-52(55)46-43-40-37-35-33-31-28-23-21-19-17-14-11-8-5-2/h8,11,17,19,22-24,28,33,35,40,43,49H,4-7,9-10,12-16,18,20-21,25-27,29-32,34,36-39,41-42,44-48H2,1-3H3/b11-8-,19-17-,24-22-,28-23-,35-33-,43-40-. The zero-order valence-electron chi connectivity index (χ0n) is 37.8. The zero-order valence-corrected chi connectivity index (χ0v) is 37.8. The Balaban J connectivity index is 4.34. The van der Waals surface area contributed by atoms with E-state index in [1.165, 1.54) is 109 Å². The van der Waals surface area contributed by atoms with Crippen LogP contribution in [0.3, 0.4) is 0 Å². The quantitative estimate of drug-likeness (QED) is 0.0264. The molecule has 0 aliphatic heterocycles. The number of rotatable bonds is 42. The molecule has 58 heavy (non-hydrogen) atoms. The van der Waals surface area contributed by atoms with Crippen LogP contribution in [-0.2, 0) is 28.6 Å². The van der Waals surface area contributed by atoms with Gasteiger partial charge < -0.3 is 14.2 Å². The fourth-order valence-corrected chi connectivity index (χ4v) is 6.39. The summed E-state index contributed by atoms with van der Waals surface area (Å²) in [5.41, 5.74) is 0. The SMILES string of the molecule is CC/C=C\C/C=C\C/C=C\C/C=C\C/C=C\CC(=O)OC(COC(=O)CCCCCCCC)COC(=O)CCCCCCCCCCC/C=C\CCCCCCCC. The Kier molecular flexibility index (Phi) is 44.0. The van der Waals surface area contributed by atoms with Gasteiger partial charge in [0.05, 0.1) is 6.42 Å². The summed E-state index contributed by atoms with van der Waals surface area (Å²) in [6, 6.07) is 0. The molecular formula is C52H88O6. The number of esters is 3. The van der Waals surface area contributed by atoms with E-state index in [-0.39, 0.29) is 31.6 Å². The zero-order chi connectivity index (χ0) is 42.3. The van der Waals surface area contributed by atoms with Gasteiger partial charge in [-0.1, -0.05) is 203 Å². The second kappa shape index (κ2) is 46.5. The molecule has 332 valence electrons. The van der Waals surface area contributed by atoms with Crippen LogP contribution in [0.4, 0.5) is 0 Å². The van der Waals surface area contributed by atoms with Gasteiger partial charge in [0.25, 0.3) is 0 Å². The van der Waals surface area contributed by atoms with Crippen molar-refractivity contribution in [3.8, 4) is 0 Å². The Morgan fingerprint density at radius 2 is 0.724 bits per heavy atom. The molecule has 0 aromatic carbocycles. The number of hydrogen-bond donors (Lipinski definition) is 0. The highest BCUT2D eigenvalue weighted by molar-refractivity contribution is 5.72. The average Bonchev–Trinajstić information content (AvgIpc) is 3.22. The Hall–Kier alpha value is -3.15. The van der Waals surface area contributed by atoms with Gasteiger partial charge >= 0.3 is 17.9 Å². The summed E-state index contributed by atoms with van der Waals surface area (Å²) in [4.78, 5) is 37.6. The minimum atomic E-state index is -0.825. The first-order valence-electron chi connectivity index (χ1n) is 23.9. The molecule has 0 fully saturated rings. The molecule has 0 N–H and O–H groups in total. The highest BCUT2D eigenvalue weighted by Crippen LogP contribution is 2.14. The molecule has 0 saturated heterocycles. The van der Waals surface area contributed by atoms with Crippen molar-refractivity contribution >= 4 is 17.9 Å². The molecule has 0 bridgehead atoms. The van der Waals surface area contributed by atoms with Crippen molar-refractivity contribution in [1.82, 2.24) is 0 Å². The fourth-order valence-electron chi connectivity index (χ4n) is 6.39. The molecular weight excluding hydrogens is 721 g/mol. The van der Waals surface area contributed by atoms with Crippen molar-refractivity contribution in [2.75, 3.05) is 13.2 Å². The number of allylic oxidation sites excluding steroid dienone is 11. The van der Waals surface area contributed by atoms with E-state index < -0.39 is 12.1 Å². The van der Waals surface area contributed by atoms with Crippen LogP contribution in [0.5, 0.6) is 0 Å². The van der Waals surface area contributed by atoms with Gasteiger partial charge in [-0.25, -0.2) is 0 Å². The van der Waals surface area contributed by atoms with E-state index >= 15 is 0 Å². The molecule has 0 aliphatic carbocycles. The first kappa shape index (κ1) is 54.9. The van der Waals surface area contributed by atoms with E-state index in [4.69, 9.17) is 14.2 Å². The van der Waals surface area contributed by atoms with Crippen molar-refractivity contribution in [2.24, 2.45) is 0 Å². The normalized spacial score (nSPS) is 12.7. The summed E-state index contributed by atoms with van der Waals surface area (Å²) in [6.45, 7) is 6.36. The van der Waals surface area contributed by atoms with Gasteiger partial charge in [-0.3, -0.25) is 14.4 Å². The molecule has 0 saturated carbocycles. The maximum atomic E-state index is 12.6. The Morgan fingerprint density at radius 3 is 1.12 bits per heavy atom. The monoisotopic (exact) mass is 809 g/mol. The Morgan fingerprint density at radius 1 is 0.379 bits per heavy atom. The highest BCUT2D eigenvalue weighted by Gasteiger charge is 2.19. The minimum Gasteiger partial charge on any atom is -0.462 e. The number of carbonyl (C=O) groups excluding carboxylic acids is 3. The van der Waals surface area contributed by atoms with E-state index in [0.717, 1.165) is 70.6 Å². The summed E-state index contributed by atoms with van der Waals surface area (Å²) in [5.74, 6) is -1.06. The summed E-state index contributed by atoms with van der Waals surface area (Å²) >= 11 is 0. The van der Waals surface area contributed by atoms with Crippen LogP contribution >= 0.6 is 0 Å². The van der Waals surface area contributed by atoms with Crippen molar-refractivity contribution in [3.05, 3.63) is 72.9 Å². The van der Waals surface area contributed by atoms with E-state index in [2.05, 4.69) is 81.5 Å². The maximum Gasteiger partial charge on any atom is 0.310 e. The summed E-state index contributed by atoms with van der Waals surface area (Å²) < 4.78 is 16.5. The molecule has 0 aliphatic rings. The maximum absolute atomic E-state index is 12.6. The predicted molar refractivity (Wildman–Crippen MR) is 247 cm³/mol. The molecule has 0 heterocycles. The van der Waals surface area contributed by atoms with E-state index in [1.807, 2.05) is 6.08 Å². The molecule has 0 radical (unpaired) electrons. The number of carbonyl (C=O) groups is 3. The van der Waals surface area contributed by atoms with Gasteiger partial charge in [-0.15, -0.1) is 0 Å². The smallest absolute Gasteiger partial charge is 0.310 e. The molecule has 6 heteroatoms. The molecule has 0 amide bonds. The summed E-state index contributed by atoms with van der Waals surface area (Å²) in [6.07, 6.45) is 57.9. The van der Waals surface area contributed by atoms with Crippen LogP contribution in [0.1, 0.15) is 220 Å². The van der Waals surface area contributed by atoms with Gasteiger partial charge in [0.1, 0.15) is 13.2 Å². The van der Waals surface area contributed by atoms with Crippen molar-refractivity contribution < 1.29 is 28.6 Å². The van der Waals surface area contributed by atoms with Gasteiger partial charge in [-0.2, -0.15) is 0 Å². The molecule has 6 nitrogen and oxygen atoms in total. The first-order valence-corrected chi connectivity index (χ1v) is 23.9. The average molecular weight is 809 g/mol. The lowest BCUT2D eigenvalue weighted by molar-refractivity contribution is -0.166. The second-order valence-corrected chi connectivity index (χ2v) is 15.7. The Bertz CT molecular complexity index is 1110. The van der Waals surface area contributed by atoms with Crippen LogP contribution in [0.15, 0.2) is 72.9 Å². The topological polar surface area (TPSA) is 78.9 Å². The largest absolute Gasteiger partial charge is 0.462 e. The predicted octanol–water partition coefficient (Wildman–Crippen LogP) is 15.5. The lowest BCUT2D eigenvalue weighted by atomic mass is 10.1. The van der Waals surface area contributed by atoms with Gasteiger partial charge in [0, 0.05) is 12.8 Å². The van der Waals surface area contributed by atoms with Gasteiger partial charge in [0.2, 0.25) is 0 Å². The van der Waals surface area contributed by atoms with Crippen molar-refractivity contribution in [3.63, 3.8) is 0 Å². The second-order valence-electron chi connectivity index (χ2n) is 15.7. The Labute approximate surface area is 357 Å². The van der Waals surface area contributed by atoms with E-state index in [1.54, 1.807) is 6.08 Å². The van der Waals surface area contributed by atoms with Crippen molar-refractivity contribution in [1.29, 1.82) is 0 Å². The summed E-state index contributed by atoms with van der Waals surface area (Å²) in [7, 11) is 0. The lowest BCUT2D eigenvalue weighted by Crippen LogP contribution is -2.30. The minimum absolute atomic E-state index is 0.0976. The molecule has 1 atom stereocenters.